The number of amides is 1. The zero-order chi connectivity index (χ0) is 20.2. The molecule has 4 rings (SSSR count). The molecule has 3 aromatic rings. The lowest BCUT2D eigenvalue weighted by molar-refractivity contribution is -0.384. The summed E-state index contributed by atoms with van der Waals surface area (Å²) in [5.74, 6) is -0.319. The summed E-state index contributed by atoms with van der Waals surface area (Å²) in [6.07, 6.45) is 0. The highest BCUT2D eigenvalue weighted by Gasteiger charge is 2.28. The first-order chi connectivity index (χ1) is 13.2. The van der Waals surface area contributed by atoms with E-state index in [1.165, 1.54) is 25.2 Å². The number of benzene rings is 3. The molecule has 1 amide bonds. The topological polar surface area (TPSA) is 110 Å². The van der Waals surface area contributed by atoms with Crippen LogP contribution >= 0.6 is 11.6 Å². The van der Waals surface area contributed by atoms with Crippen molar-refractivity contribution in [1.29, 1.82) is 0 Å². The third kappa shape index (κ3) is 2.67. The van der Waals surface area contributed by atoms with E-state index in [0.29, 0.717) is 16.6 Å². The van der Waals surface area contributed by atoms with Crippen molar-refractivity contribution in [3.8, 4) is 0 Å². The van der Waals surface area contributed by atoms with Crippen LogP contribution in [0.2, 0.25) is 5.02 Å². The van der Waals surface area contributed by atoms with Gasteiger partial charge in [0.2, 0.25) is 0 Å². The Morgan fingerprint density at radius 3 is 2.61 bits per heavy atom. The van der Waals surface area contributed by atoms with Crippen molar-refractivity contribution in [1.82, 2.24) is 0 Å². The first kappa shape index (κ1) is 18.2. The molecule has 0 saturated carbocycles. The van der Waals surface area contributed by atoms with E-state index in [-0.39, 0.29) is 21.5 Å². The quantitative estimate of drug-likeness (QED) is 0.513. The molecule has 0 saturated heterocycles. The van der Waals surface area contributed by atoms with Crippen LogP contribution in [0.3, 0.4) is 0 Å². The largest absolute Gasteiger partial charge is 0.321 e. The van der Waals surface area contributed by atoms with Gasteiger partial charge in [-0.15, -0.1) is 0 Å². The molecule has 0 aliphatic carbocycles. The molecule has 28 heavy (non-hydrogen) atoms. The molecule has 1 aliphatic rings. The molecule has 0 spiro atoms. The van der Waals surface area contributed by atoms with Crippen molar-refractivity contribution in [3.05, 3.63) is 69.2 Å². The summed E-state index contributed by atoms with van der Waals surface area (Å²) < 4.78 is 27.0. The molecule has 0 atom stereocenters. The van der Waals surface area contributed by atoms with Crippen molar-refractivity contribution < 1.29 is 18.1 Å². The molecule has 0 unspecified atom stereocenters. The molecule has 1 N–H and O–H groups in total. The van der Waals surface area contributed by atoms with Crippen LogP contribution in [0, 0.1) is 10.1 Å². The van der Waals surface area contributed by atoms with Gasteiger partial charge in [-0.25, -0.2) is 8.42 Å². The first-order valence-corrected chi connectivity index (χ1v) is 9.83. The maximum atomic E-state index is 13.0. The van der Waals surface area contributed by atoms with Crippen LogP contribution < -0.4 is 9.62 Å². The van der Waals surface area contributed by atoms with Crippen LogP contribution in [-0.4, -0.2) is 26.3 Å². The number of halogens is 1. The summed E-state index contributed by atoms with van der Waals surface area (Å²) in [5.41, 5.74) is 0.793. The second-order valence-electron chi connectivity index (χ2n) is 6.19. The van der Waals surface area contributed by atoms with Crippen molar-refractivity contribution in [3.63, 3.8) is 0 Å². The fourth-order valence-corrected chi connectivity index (χ4v) is 4.54. The van der Waals surface area contributed by atoms with Crippen LogP contribution in [0.1, 0.15) is 10.4 Å². The van der Waals surface area contributed by atoms with Crippen LogP contribution in [0.25, 0.3) is 10.8 Å². The normalized spacial score (nSPS) is 12.9. The number of anilines is 2. The van der Waals surface area contributed by atoms with Gasteiger partial charge in [0.1, 0.15) is 5.02 Å². The zero-order valence-electron chi connectivity index (χ0n) is 14.3. The summed E-state index contributed by atoms with van der Waals surface area (Å²) in [6.45, 7) is 0. The molecule has 0 radical (unpaired) electrons. The Balaban J connectivity index is 1.84. The fraction of sp³-hybridized carbons (Fsp3) is 0.0556. The molecule has 8 nitrogen and oxygen atoms in total. The molecule has 3 aromatic carbocycles. The first-order valence-electron chi connectivity index (χ1n) is 8.01. The van der Waals surface area contributed by atoms with Gasteiger partial charge in [0.05, 0.1) is 21.1 Å². The summed E-state index contributed by atoms with van der Waals surface area (Å²) in [6, 6.07) is 11.7. The lowest BCUT2D eigenvalue weighted by atomic mass is 10.0. The predicted molar refractivity (Wildman–Crippen MR) is 106 cm³/mol. The van der Waals surface area contributed by atoms with Crippen LogP contribution in [0.5, 0.6) is 0 Å². The van der Waals surface area contributed by atoms with E-state index in [9.17, 15) is 23.3 Å². The van der Waals surface area contributed by atoms with Gasteiger partial charge >= 0.3 is 0 Å². The molecule has 0 bridgehead atoms. The maximum Gasteiger partial charge on any atom is 0.289 e. The van der Waals surface area contributed by atoms with E-state index in [1.807, 2.05) is 0 Å². The standard InChI is InChI=1S/C18H12ClN3O5S/c1-21(28(26,27)12-5-6-14(19)16(9-12)22(24)25)11-7-10-3-2-4-15-17(10)13(8-11)18(23)20-15/h2-9H,1H3,(H,20,23). The van der Waals surface area contributed by atoms with Crippen LogP contribution in [0.4, 0.5) is 17.1 Å². The van der Waals surface area contributed by atoms with Gasteiger partial charge in [-0.05, 0) is 35.7 Å². The van der Waals surface area contributed by atoms with Crippen molar-refractivity contribution in [2.75, 3.05) is 16.7 Å². The monoisotopic (exact) mass is 417 g/mol. The van der Waals surface area contributed by atoms with Crippen molar-refractivity contribution >= 4 is 55.4 Å². The maximum absolute atomic E-state index is 13.0. The van der Waals surface area contributed by atoms with Gasteiger partial charge < -0.3 is 5.32 Å². The average molecular weight is 418 g/mol. The van der Waals surface area contributed by atoms with E-state index >= 15 is 0 Å². The summed E-state index contributed by atoms with van der Waals surface area (Å²) in [4.78, 5) is 22.3. The Morgan fingerprint density at radius 1 is 1.14 bits per heavy atom. The van der Waals surface area contributed by atoms with Gasteiger partial charge in [0.15, 0.2) is 0 Å². The highest BCUT2D eigenvalue weighted by Crippen LogP contribution is 2.37. The number of hydrogen-bond acceptors (Lipinski definition) is 5. The minimum atomic E-state index is -4.12. The molecule has 1 aliphatic heterocycles. The third-order valence-electron chi connectivity index (χ3n) is 4.59. The van der Waals surface area contributed by atoms with Gasteiger partial charge in [0, 0.05) is 24.2 Å². The predicted octanol–water partition coefficient (Wildman–Crippen LogP) is 3.79. The Labute approximate surface area is 164 Å². The van der Waals surface area contributed by atoms with Gasteiger partial charge in [0.25, 0.3) is 21.6 Å². The van der Waals surface area contributed by atoms with E-state index < -0.39 is 20.6 Å². The zero-order valence-corrected chi connectivity index (χ0v) is 15.9. The van der Waals surface area contributed by atoms with Gasteiger partial charge in [-0.2, -0.15) is 0 Å². The third-order valence-corrected chi connectivity index (χ3v) is 6.69. The number of nitrogens with zero attached hydrogens (tertiary/aromatic N) is 2. The fourth-order valence-electron chi connectivity index (χ4n) is 3.16. The molecule has 1 heterocycles. The number of rotatable bonds is 4. The number of nitro benzene ring substituents is 1. The molecular formula is C18H12ClN3O5S. The number of nitrogens with one attached hydrogen (secondary N) is 1. The van der Waals surface area contributed by atoms with Crippen molar-refractivity contribution in [2.24, 2.45) is 0 Å². The Morgan fingerprint density at radius 2 is 1.89 bits per heavy atom. The Hall–Kier alpha value is -3.17. The summed E-state index contributed by atoms with van der Waals surface area (Å²) in [5, 5.41) is 15.1. The van der Waals surface area contributed by atoms with Gasteiger partial charge in [-0.3, -0.25) is 19.2 Å². The molecule has 0 aromatic heterocycles. The second-order valence-corrected chi connectivity index (χ2v) is 8.57. The van der Waals surface area contributed by atoms with Crippen LogP contribution in [-0.2, 0) is 10.0 Å². The number of hydrogen-bond donors (Lipinski definition) is 1. The molecule has 142 valence electrons. The molecule has 10 heteroatoms. The van der Waals surface area contributed by atoms with E-state index in [0.717, 1.165) is 15.8 Å². The Bertz CT molecular complexity index is 1290. The number of nitro groups is 1. The lowest BCUT2D eigenvalue weighted by Gasteiger charge is -2.20. The number of carbonyl (C=O) groups excluding carboxylic acids is 1. The second kappa shape index (κ2) is 6.18. The summed E-state index contributed by atoms with van der Waals surface area (Å²) >= 11 is 5.77. The average Bonchev–Trinajstić information content (AvgIpc) is 2.98. The number of carbonyl (C=O) groups is 1. The molecule has 0 fully saturated rings. The van der Waals surface area contributed by atoms with E-state index in [1.54, 1.807) is 24.3 Å². The highest BCUT2D eigenvalue weighted by molar-refractivity contribution is 7.92. The smallest absolute Gasteiger partial charge is 0.289 e. The number of sulfonamides is 1. The van der Waals surface area contributed by atoms with Crippen molar-refractivity contribution in [2.45, 2.75) is 4.90 Å². The summed E-state index contributed by atoms with van der Waals surface area (Å²) in [7, 11) is -2.80. The SMILES string of the molecule is CN(c1cc2c3c(cccc3c1)NC2=O)S(=O)(=O)c1ccc(Cl)c([N+](=O)[O-])c1. The lowest BCUT2D eigenvalue weighted by Crippen LogP contribution is -2.26. The van der Waals surface area contributed by atoms with Gasteiger partial charge in [-0.1, -0.05) is 23.7 Å². The highest BCUT2D eigenvalue weighted by atomic mass is 35.5. The Kier molecular flexibility index (Phi) is 4.02. The molecular weight excluding hydrogens is 406 g/mol. The minimum Gasteiger partial charge on any atom is -0.321 e. The van der Waals surface area contributed by atoms with E-state index in [4.69, 9.17) is 11.6 Å². The minimum absolute atomic E-state index is 0.158. The van der Waals surface area contributed by atoms with E-state index in [2.05, 4.69) is 5.32 Å². The van der Waals surface area contributed by atoms with Crippen LogP contribution in [0.15, 0.2) is 53.4 Å².